The summed E-state index contributed by atoms with van der Waals surface area (Å²) in [7, 11) is 0. The molecule has 0 aliphatic heterocycles. The van der Waals surface area contributed by atoms with Crippen LogP contribution in [0.3, 0.4) is 0 Å². The van der Waals surface area contributed by atoms with Crippen LogP contribution in [0.2, 0.25) is 10.0 Å². The molecule has 0 spiro atoms. The molecular formula is C15H18Cl4. The maximum atomic E-state index is 6.29. The predicted octanol–water partition coefficient (Wildman–Crippen LogP) is 6.19. The Balaban J connectivity index is 2.30. The molecule has 4 heteroatoms. The third kappa shape index (κ3) is 3.35. The van der Waals surface area contributed by atoms with Crippen molar-refractivity contribution in [1.82, 2.24) is 0 Å². The van der Waals surface area contributed by atoms with Crippen LogP contribution >= 0.6 is 46.4 Å². The van der Waals surface area contributed by atoms with Gasteiger partial charge in [0.05, 0.1) is 0 Å². The molecule has 1 aromatic rings. The summed E-state index contributed by atoms with van der Waals surface area (Å²) >= 11 is 25.1. The van der Waals surface area contributed by atoms with Crippen molar-refractivity contribution >= 4 is 46.4 Å². The lowest BCUT2D eigenvalue weighted by Crippen LogP contribution is -2.35. The second-order valence-corrected chi connectivity index (χ2v) is 6.84. The van der Waals surface area contributed by atoms with E-state index in [-0.39, 0.29) is 5.41 Å². The third-order valence-corrected chi connectivity index (χ3v) is 6.12. The molecule has 1 aliphatic carbocycles. The van der Waals surface area contributed by atoms with Gasteiger partial charge in [-0.2, -0.15) is 0 Å². The van der Waals surface area contributed by atoms with Crippen LogP contribution in [0.25, 0.3) is 0 Å². The van der Waals surface area contributed by atoms with Gasteiger partial charge < -0.3 is 0 Å². The summed E-state index contributed by atoms with van der Waals surface area (Å²) in [6, 6.07) is 5.63. The Bertz CT molecular complexity index is 400. The van der Waals surface area contributed by atoms with Gasteiger partial charge in [0.25, 0.3) is 0 Å². The average Bonchev–Trinajstić information content (AvgIpc) is 2.94. The average molecular weight is 340 g/mol. The van der Waals surface area contributed by atoms with Gasteiger partial charge in [-0.15, -0.1) is 23.2 Å². The van der Waals surface area contributed by atoms with Gasteiger partial charge in [0.2, 0.25) is 0 Å². The summed E-state index contributed by atoms with van der Waals surface area (Å²) in [5, 5.41) is 1.43. The van der Waals surface area contributed by atoms with Gasteiger partial charge in [-0.05, 0) is 42.9 Å². The van der Waals surface area contributed by atoms with Crippen LogP contribution in [0.4, 0.5) is 0 Å². The van der Waals surface area contributed by atoms with Gasteiger partial charge in [-0.1, -0.05) is 42.1 Å². The second kappa shape index (κ2) is 6.89. The maximum absolute atomic E-state index is 6.29. The molecule has 0 amide bonds. The highest BCUT2D eigenvalue weighted by Crippen LogP contribution is 2.45. The second-order valence-electron chi connectivity index (χ2n) is 5.49. The van der Waals surface area contributed by atoms with Crippen molar-refractivity contribution in [2.75, 3.05) is 11.8 Å². The summed E-state index contributed by atoms with van der Waals surface area (Å²) in [6.07, 6.45) is 5.74. The van der Waals surface area contributed by atoms with E-state index in [2.05, 4.69) is 0 Å². The zero-order valence-corrected chi connectivity index (χ0v) is 13.8. The minimum Gasteiger partial charge on any atom is -0.126 e. The Kier molecular flexibility index (Phi) is 5.72. The van der Waals surface area contributed by atoms with Crippen molar-refractivity contribution in [2.24, 2.45) is 11.3 Å². The molecule has 2 rings (SSSR count). The standard InChI is InChI=1S/C15H18Cl4/c16-9-15(10-17,11-4-1-2-5-11)8-12-13(18)6-3-7-14(12)19/h3,6-7,11H,1-2,4-5,8-10H2. The summed E-state index contributed by atoms with van der Waals surface area (Å²) in [4.78, 5) is 0. The maximum Gasteiger partial charge on any atom is 0.0453 e. The normalized spacial score (nSPS) is 17.1. The van der Waals surface area contributed by atoms with Crippen LogP contribution in [-0.2, 0) is 6.42 Å². The van der Waals surface area contributed by atoms with Crippen LogP contribution < -0.4 is 0 Å². The van der Waals surface area contributed by atoms with Gasteiger partial charge in [0, 0.05) is 27.2 Å². The van der Waals surface area contributed by atoms with Crippen LogP contribution in [0.15, 0.2) is 18.2 Å². The topological polar surface area (TPSA) is 0 Å². The first kappa shape index (κ1) is 15.8. The molecule has 0 nitrogen and oxygen atoms in total. The highest BCUT2D eigenvalue weighted by Gasteiger charge is 2.39. The lowest BCUT2D eigenvalue weighted by molar-refractivity contribution is 0.225. The SMILES string of the molecule is ClCC(CCl)(Cc1c(Cl)cccc1Cl)C1CCCC1. The van der Waals surface area contributed by atoms with E-state index in [0.29, 0.717) is 27.7 Å². The summed E-state index contributed by atoms with van der Waals surface area (Å²) in [5.74, 6) is 1.70. The first-order chi connectivity index (χ1) is 9.13. The lowest BCUT2D eigenvalue weighted by Gasteiger charge is -2.36. The van der Waals surface area contributed by atoms with Crippen molar-refractivity contribution in [1.29, 1.82) is 0 Å². The first-order valence-electron chi connectivity index (χ1n) is 6.68. The van der Waals surface area contributed by atoms with E-state index in [0.717, 1.165) is 12.0 Å². The third-order valence-electron chi connectivity index (χ3n) is 4.34. The molecule has 1 fully saturated rings. The number of alkyl halides is 2. The van der Waals surface area contributed by atoms with Gasteiger partial charge in [0.1, 0.15) is 0 Å². The molecule has 0 unspecified atom stereocenters. The van der Waals surface area contributed by atoms with Crippen molar-refractivity contribution in [3.8, 4) is 0 Å². The Hall–Kier alpha value is 0.380. The molecule has 0 atom stereocenters. The number of hydrogen-bond donors (Lipinski definition) is 0. The highest BCUT2D eigenvalue weighted by atomic mass is 35.5. The predicted molar refractivity (Wildman–Crippen MR) is 86.0 cm³/mol. The van der Waals surface area contributed by atoms with E-state index in [1.54, 1.807) is 0 Å². The van der Waals surface area contributed by atoms with Crippen LogP contribution in [0.5, 0.6) is 0 Å². The highest BCUT2D eigenvalue weighted by molar-refractivity contribution is 6.36. The first-order valence-corrected chi connectivity index (χ1v) is 8.50. The molecule has 0 heterocycles. The summed E-state index contributed by atoms with van der Waals surface area (Å²) in [5.41, 5.74) is 0.896. The molecule has 1 aromatic carbocycles. The number of rotatable bonds is 5. The van der Waals surface area contributed by atoms with E-state index in [1.807, 2.05) is 18.2 Å². The largest absolute Gasteiger partial charge is 0.126 e. The monoisotopic (exact) mass is 338 g/mol. The Morgan fingerprint density at radius 2 is 1.53 bits per heavy atom. The van der Waals surface area contributed by atoms with Crippen LogP contribution in [0, 0.1) is 11.3 Å². The molecule has 106 valence electrons. The molecule has 0 aromatic heterocycles. The van der Waals surface area contributed by atoms with Crippen molar-refractivity contribution in [3.63, 3.8) is 0 Å². The molecule has 1 saturated carbocycles. The van der Waals surface area contributed by atoms with Gasteiger partial charge in [0.15, 0.2) is 0 Å². The molecule has 0 bridgehead atoms. The number of benzene rings is 1. The minimum atomic E-state index is -0.0890. The molecular weight excluding hydrogens is 322 g/mol. The Labute approximate surface area is 135 Å². The van der Waals surface area contributed by atoms with Gasteiger partial charge in [-0.3, -0.25) is 0 Å². The summed E-state index contributed by atoms with van der Waals surface area (Å²) in [6.45, 7) is 0. The lowest BCUT2D eigenvalue weighted by atomic mass is 9.73. The van der Waals surface area contributed by atoms with Gasteiger partial charge in [-0.25, -0.2) is 0 Å². The number of halogens is 4. The van der Waals surface area contributed by atoms with E-state index in [9.17, 15) is 0 Å². The fourth-order valence-electron chi connectivity index (χ4n) is 3.08. The molecule has 0 radical (unpaired) electrons. The summed E-state index contributed by atoms with van der Waals surface area (Å²) < 4.78 is 0. The van der Waals surface area contributed by atoms with E-state index in [1.165, 1.54) is 25.7 Å². The van der Waals surface area contributed by atoms with E-state index >= 15 is 0 Å². The molecule has 19 heavy (non-hydrogen) atoms. The molecule has 0 saturated heterocycles. The van der Waals surface area contributed by atoms with Gasteiger partial charge >= 0.3 is 0 Å². The van der Waals surface area contributed by atoms with Crippen LogP contribution in [0.1, 0.15) is 31.2 Å². The van der Waals surface area contributed by atoms with Crippen molar-refractivity contribution in [2.45, 2.75) is 32.1 Å². The Morgan fingerprint density at radius 1 is 1.00 bits per heavy atom. The fourth-order valence-corrected chi connectivity index (χ4v) is 4.53. The fraction of sp³-hybridized carbons (Fsp3) is 0.600. The molecule has 0 N–H and O–H groups in total. The van der Waals surface area contributed by atoms with Crippen molar-refractivity contribution < 1.29 is 0 Å². The van der Waals surface area contributed by atoms with E-state index < -0.39 is 0 Å². The van der Waals surface area contributed by atoms with Crippen LogP contribution in [-0.4, -0.2) is 11.8 Å². The van der Waals surface area contributed by atoms with Crippen molar-refractivity contribution in [3.05, 3.63) is 33.8 Å². The van der Waals surface area contributed by atoms with E-state index in [4.69, 9.17) is 46.4 Å². The zero-order chi connectivity index (χ0) is 13.9. The number of hydrogen-bond acceptors (Lipinski definition) is 0. The quantitative estimate of drug-likeness (QED) is 0.561. The minimum absolute atomic E-state index is 0.0890. The Morgan fingerprint density at radius 3 is 2.00 bits per heavy atom. The zero-order valence-electron chi connectivity index (χ0n) is 10.8. The smallest absolute Gasteiger partial charge is 0.0453 e. The molecule has 1 aliphatic rings.